The minimum Gasteiger partial charge on any atom is -0.462 e. The summed E-state index contributed by atoms with van der Waals surface area (Å²) in [6.07, 6.45) is 1.39. The van der Waals surface area contributed by atoms with E-state index in [0.717, 1.165) is 25.9 Å². The quantitative estimate of drug-likeness (QED) is 0.634. The fourth-order valence-corrected chi connectivity index (χ4v) is 5.04. The molecule has 9 nitrogen and oxygen atoms in total. The molecule has 0 radical (unpaired) electrons. The van der Waals surface area contributed by atoms with Gasteiger partial charge in [0.2, 0.25) is 13.6 Å². The van der Waals surface area contributed by atoms with Crippen LogP contribution in [0.4, 0.5) is 0 Å². The van der Waals surface area contributed by atoms with Gasteiger partial charge >= 0.3 is 11.9 Å². The molecule has 33 heavy (non-hydrogen) atoms. The van der Waals surface area contributed by atoms with E-state index in [1.165, 1.54) is 0 Å². The minimum absolute atomic E-state index is 0.0347. The maximum atomic E-state index is 12.8. The van der Waals surface area contributed by atoms with Crippen LogP contribution in [-0.2, 0) is 9.47 Å². The molecule has 0 aliphatic carbocycles. The Kier molecular flexibility index (Phi) is 4.98. The van der Waals surface area contributed by atoms with Crippen LogP contribution in [0.1, 0.15) is 33.6 Å². The number of fused-ring (bicyclic) bond motifs is 3. The van der Waals surface area contributed by atoms with E-state index in [1.807, 2.05) is 0 Å². The number of esters is 2. The van der Waals surface area contributed by atoms with E-state index >= 15 is 0 Å². The first kappa shape index (κ1) is 20.2. The number of hydrogen-bond acceptors (Lipinski definition) is 9. The molecule has 2 aromatic rings. The number of ether oxygens (including phenoxy) is 6. The second-order valence-electron chi connectivity index (χ2n) is 8.54. The highest BCUT2D eigenvalue weighted by Crippen LogP contribution is 2.37. The van der Waals surface area contributed by atoms with Gasteiger partial charge < -0.3 is 28.4 Å². The topological polar surface area (TPSA) is 92.8 Å². The van der Waals surface area contributed by atoms with Gasteiger partial charge in [0, 0.05) is 12.5 Å². The Hall–Kier alpha value is -3.46. The summed E-state index contributed by atoms with van der Waals surface area (Å²) in [5.74, 6) is 1.64. The van der Waals surface area contributed by atoms with Crippen LogP contribution in [0.15, 0.2) is 36.4 Å². The van der Waals surface area contributed by atoms with Crippen molar-refractivity contribution in [3.8, 4) is 23.0 Å². The van der Waals surface area contributed by atoms with Crippen LogP contribution in [0.5, 0.6) is 23.0 Å². The molecule has 0 amide bonds. The van der Waals surface area contributed by atoms with Crippen LogP contribution in [0, 0.1) is 5.92 Å². The number of hydrogen-bond donors (Lipinski definition) is 0. The summed E-state index contributed by atoms with van der Waals surface area (Å²) >= 11 is 0. The van der Waals surface area contributed by atoms with Crippen molar-refractivity contribution in [2.75, 3.05) is 33.3 Å². The molecule has 2 aromatic carbocycles. The maximum absolute atomic E-state index is 12.8. The summed E-state index contributed by atoms with van der Waals surface area (Å²) < 4.78 is 32.8. The van der Waals surface area contributed by atoms with Gasteiger partial charge in [0.25, 0.3) is 0 Å². The normalized spacial score (nSPS) is 24.5. The number of carbonyl (C=O) groups excluding carboxylic acids is 2. The molecule has 0 unspecified atom stereocenters. The van der Waals surface area contributed by atoms with Crippen LogP contribution in [0.3, 0.4) is 0 Å². The molecule has 4 aliphatic heterocycles. The third-order valence-electron chi connectivity index (χ3n) is 6.68. The summed E-state index contributed by atoms with van der Waals surface area (Å²) in [4.78, 5) is 27.7. The van der Waals surface area contributed by atoms with Crippen molar-refractivity contribution in [1.29, 1.82) is 0 Å². The van der Waals surface area contributed by atoms with Crippen LogP contribution < -0.4 is 18.9 Å². The fourth-order valence-electron chi connectivity index (χ4n) is 5.04. The monoisotopic (exact) mass is 453 g/mol. The van der Waals surface area contributed by atoms with Gasteiger partial charge in [-0.3, -0.25) is 4.90 Å². The van der Waals surface area contributed by atoms with Crippen molar-refractivity contribution in [2.24, 2.45) is 5.92 Å². The van der Waals surface area contributed by atoms with Crippen molar-refractivity contribution in [3.05, 3.63) is 47.5 Å². The predicted molar refractivity (Wildman–Crippen MR) is 113 cm³/mol. The summed E-state index contributed by atoms with van der Waals surface area (Å²) in [5.41, 5.74) is 0.854. The first-order chi connectivity index (χ1) is 16.2. The third kappa shape index (κ3) is 3.72. The number of benzene rings is 2. The third-order valence-corrected chi connectivity index (χ3v) is 6.68. The molecule has 4 heterocycles. The number of rotatable bonds is 5. The molecule has 4 aliphatic rings. The van der Waals surface area contributed by atoms with Crippen molar-refractivity contribution < 1.29 is 38.0 Å². The first-order valence-corrected chi connectivity index (χ1v) is 11.1. The SMILES string of the molecule is O=C(OC[C@@H]1CCN2CC[C@H](OC(=O)c3ccc4c(c3)OCO4)[C@H]12)c1ccc2c(c1)OCO2. The Bertz CT molecular complexity index is 1100. The van der Waals surface area contributed by atoms with Crippen LogP contribution in [0.25, 0.3) is 0 Å². The van der Waals surface area contributed by atoms with Crippen molar-refractivity contribution >= 4 is 11.9 Å². The van der Waals surface area contributed by atoms with Gasteiger partial charge in [-0.25, -0.2) is 9.59 Å². The van der Waals surface area contributed by atoms with Crippen molar-refractivity contribution in [1.82, 2.24) is 4.90 Å². The molecule has 0 saturated carbocycles. The zero-order valence-electron chi connectivity index (χ0n) is 17.9. The Morgan fingerprint density at radius 3 is 2.12 bits per heavy atom. The number of carbonyl (C=O) groups is 2. The van der Waals surface area contributed by atoms with E-state index < -0.39 is 5.97 Å². The zero-order chi connectivity index (χ0) is 22.4. The molecule has 2 fully saturated rings. The van der Waals surface area contributed by atoms with Gasteiger partial charge in [-0.05, 0) is 55.8 Å². The lowest BCUT2D eigenvalue weighted by molar-refractivity contribution is 0.00944. The minimum atomic E-state index is -0.404. The van der Waals surface area contributed by atoms with Crippen LogP contribution >= 0.6 is 0 Å². The van der Waals surface area contributed by atoms with E-state index in [9.17, 15) is 9.59 Å². The molecule has 172 valence electrons. The first-order valence-electron chi connectivity index (χ1n) is 11.1. The molecule has 0 N–H and O–H groups in total. The molecule has 0 bridgehead atoms. The molecular formula is C24H23NO8. The molecule has 9 heteroatoms. The van der Waals surface area contributed by atoms with Crippen molar-refractivity contribution in [3.63, 3.8) is 0 Å². The van der Waals surface area contributed by atoms with E-state index in [0.29, 0.717) is 34.1 Å². The second-order valence-corrected chi connectivity index (χ2v) is 8.54. The average Bonchev–Trinajstić information content (AvgIpc) is 3.62. The highest BCUT2D eigenvalue weighted by Gasteiger charge is 2.46. The average molecular weight is 453 g/mol. The fraction of sp³-hybridized carbons (Fsp3) is 0.417. The van der Waals surface area contributed by atoms with Gasteiger partial charge in [0.05, 0.1) is 23.8 Å². The summed E-state index contributed by atoms with van der Waals surface area (Å²) in [5, 5.41) is 0. The molecule has 0 aromatic heterocycles. The van der Waals surface area contributed by atoms with Crippen LogP contribution in [-0.4, -0.2) is 62.3 Å². The van der Waals surface area contributed by atoms with Gasteiger partial charge in [0.1, 0.15) is 6.10 Å². The standard InChI is InChI=1S/C24H23NO8/c26-23(14-1-3-17-20(9-14)31-12-29-17)28-11-16-5-7-25-8-6-19(22(16)25)33-24(27)15-2-4-18-21(10-15)32-13-30-18/h1-4,9-10,16,19,22H,5-8,11-13H2/t16-,19-,22-/m0/s1. The highest BCUT2D eigenvalue weighted by atomic mass is 16.7. The van der Waals surface area contributed by atoms with Gasteiger partial charge in [0.15, 0.2) is 23.0 Å². The highest BCUT2D eigenvalue weighted by molar-refractivity contribution is 5.91. The van der Waals surface area contributed by atoms with E-state index in [4.69, 9.17) is 28.4 Å². The smallest absolute Gasteiger partial charge is 0.338 e. The van der Waals surface area contributed by atoms with Gasteiger partial charge in [-0.15, -0.1) is 0 Å². The zero-order valence-corrected chi connectivity index (χ0v) is 17.9. The Morgan fingerprint density at radius 1 is 0.818 bits per heavy atom. The van der Waals surface area contributed by atoms with Gasteiger partial charge in [-0.1, -0.05) is 0 Å². The second kappa shape index (κ2) is 8.15. The lowest BCUT2D eigenvalue weighted by atomic mass is 9.97. The molecule has 2 saturated heterocycles. The number of nitrogens with zero attached hydrogens (tertiary/aromatic N) is 1. The van der Waals surface area contributed by atoms with E-state index in [1.54, 1.807) is 36.4 Å². The Morgan fingerprint density at radius 2 is 1.42 bits per heavy atom. The summed E-state index contributed by atoms with van der Waals surface area (Å²) in [6.45, 7) is 2.33. The lowest BCUT2D eigenvalue weighted by Gasteiger charge is -2.26. The van der Waals surface area contributed by atoms with Crippen molar-refractivity contribution in [2.45, 2.75) is 25.0 Å². The van der Waals surface area contributed by atoms with E-state index in [2.05, 4.69) is 4.90 Å². The molecule has 3 atom stereocenters. The molecule has 0 spiro atoms. The Balaban J connectivity index is 1.09. The maximum Gasteiger partial charge on any atom is 0.338 e. The van der Waals surface area contributed by atoms with E-state index in [-0.39, 0.29) is 44.2 Å². The largest absolute Gasteiger partial charge is 0.462 e. The predicted octanol–water partition coefficient (Wildman–Crippen LogP) is 2.62. The van der Waals surface area contributed by atoms with Gasteiger partial charge in [-0.2, -0.15) is 0 Å². The lowest BCUT2D eigenvalue weighted by Crippen LogP contribution is -2.38. The molecule has 6 rings (SSSR count). The molecular weight excluding hydrogens is 430 g/mol. The summed E-state index contributed by atoms with van der Waals surface area (Å²) in [7, 11) is 0. The van der Waals surface area contributed by atoms with Crippen LogP contribution in [0.2, 0.25) is 0 Å². The Labute approximate surface area is 190 Å². The summed E-state index contributed by atoms with van der Waals surface area (Å²) in [6, 6.07) is 10.1.